The number of non-ortho nitro benzene ring substituents is 1. The van der Waals surface area contributed by atoms with Gasteiger partial charge in [0.25, 0.3) is 5.69 Å². The Kier molecular flexibility index (Phi) is 11.6. The first-order valence-corrected chi connectivity index (χ1v) is 11.6. The third kappa shape index (κ3) is 8.34. The van der Waals surface area contributed by atoms with E-state index in [-0.39, 0.29) is 46.4 Å². The van der Waals surface area contributed by atoms with Crippen molar-refractivity contribution in [3.8, 4) is 0 Å². The number of hydrogen-bond acceptors (Lipinski definition) is 5. The summed E-state index contributed by atoms with van der Waals surface area (Å²) >= 11 is 0. The molecule has 30 heavy (non-hydrogen) atoms. The number of aryl methyl sites for hydroxylation is 1. The molecule has 0 radical (unpaired) electrons. The normalized spacial score (nSPS) is 16.0. The van der Waals surface area contributed by atoms with E-state index >= 15 is 0 Å². The van der Waals surface area contributed by atoms with Crippen LogP contribution in [0.25, 0.3) is 0 Å². The zero-order chi connectivity index (χ0) is 21.3. The third-order valence-electron chi connectivity index (χ3n) is 5.11. The number of rotatable bonds is 9. The molecule has 170 valence electrons. The summed E-state index contributed by atoms with van der Waals surface area (Å²) in [7, 11) is -1.38. The van der Waals surface area contributed by atoms with Gasteiger partial charge in [0, 0.05) is 44.9 Å². The zero-order valence-electron chi connectivity index (χ0n) is 17.5. The number of guanidine groups is 1. The molecule has 0 bridgehead atoms. The van der Waals surface area contributed by atoms with Crippen LogP contribution >= 0.6 is 24.0 Å². The number of hydrogen-bond donors (Lipinski definition) is 2. The van der Waals surface area contributed by atoms with Gasteiger partial charge in [-0.05, 0) is 44.6 Å². The molecule has 1 fully saturated rings. The molecule has 1 heterocycles. The maximum Gasteiger partial charge on any atom is 0.269 e. The molecule has 9 nitrogen and oxygen atoms in total. The Morgan fingerprint density at radius 3 is 2.40 bits per heavy atom. The van der Waals surface area contributed by atoms with Crippen LogP contribution in [0.2, 0.25) is 0 Å². The highest BCUT2D eigenvalue weighted by atomic mass is 127. The van der Waals surface area contributed by atoms with E-state index in [1.54, 1.807) is 30.4 Å². The molecule has 2 rings (SSSR count). The predicted molar refractivity (Wildman–Crippen MR) is 130 cm³/mol. The molecule has 0 aromatic heterocycles. The monoisotopic (exact) mass is 553 g/mol. The summed E-state index contributed by atoms with van der Waals surface area (Å²) in [4.78, 5) is 14.5. The third-order valence-corrected chi connectivity index (χ3v) is 6.99. The fourth-order valence-corrected chi connectivity index (χ4v) is 4.43. The molecule has 0 atom stereocenters. The molecule has 1 saturated heterocycles. The van der Waals surface area contributed by atoms with Crippen molar-refractivity contribution in [2.45, 2.75) is 45.1 Å². The molecule has 2 N–H and O–H groups in total. The van der Waals surface area contributed by atoms with Crippen molar-refractivity contribution in [3.05, 3.63) is 39.9 Å². The highest BCUT2D eigenvalue weighted by molar-refractivity contribution is 14.0. The van der Waals surface area contributed by atoms with Gasteiger partial charge in [0.15, 0.2) is 5.96 Å². The molecule has 0 spiro atoms. The summed E-state index contributed by atoms with van der Waals surface area (Å²) in [5, 5.41) is 17.3. The minimum Gasteiger partial charge on any atom is -0.356 e. The molecule has 1 aromatic rings. The van der Waals surface area contributed by atoms with E-state index in [1.165, 1.54) is 12.1 Å². The highest BCUT2D eigenvalue weighted by Gasteiger charge is 2.26. The van der Waals surface area contributed by atoms with Gasteiger partial charge in [-0.1, -0.05) is 12.1 Å². The molecule has 11 heteroatoms. The van der Waals surface area contributed by atoms with E-state index in [4.69, 9.17) is 0 Å². The van der Waals surface area contributed by atoms with Crippen molar-refractivity contribution in [2.75, 3.05) is 32.4 Å². The zero-order valence-corrected chi connectivity index (χ0v) is 20.7. The molecule has 0 aliphatic carbocycles. The lowest BCUT2D eigenvalue weighted by atomic mass is 10.1. The number of unbranched alkanes of at least 4 members (excludes halogenated alkanes) is 1. The van der Waals surface area contributed by atoms with Crippen LogP contribution in [0.15, 0.2) is 29.3 Å². The van der Waals surface area contributed by atoms with E-state index in [9.17, 15) is 18.5 Å². The summed E-state index contributed by atoms with van der Waals surface area (Å²) < 4.78 is 25.4. The molecule has 0 saturated carbocycles. The van der Waals surface area contributed by atoms with Crippen LogP contribution in [-0.2, 0) is 16.4 Å². The van der Waals surface area contributed by atoms with Crippen molar-refractivity contribution >= 4 is 45.6 Å². The predicted octanol–water partition coefficient (Wildman–Crippen LogP) is 2.51. The van der Waals surface area contributed by atoms with Gasteiger partial charge in [0.1, 0.15) is 0 Å². The van der Waals surface area contributed by atoms with Crippen molar-refractivity contribution in [1.29, 1.82) is 0 Å². The second kappa shape index (κ2) is 13.1. The largest absolute Gasteiger partial charge is 0.356 e. The number of aliphatic imine (C=N–C) groups is 1. The smallest absolute Gasteiger partial charge is 0.269 e. The standard InChI is InChI=1S/C19H31N5O4S.HI/c1-3-29(27,28)23-14-11-17(12-15-23)22-19(20-2)21-13-5-4-6-16-7-9-18(10-8-16)24(25)26;/h7-10,17H,3-6,11-15H2,1-2H3,(H2,20,21,22);1H. The van der Waals surface area contributed by atoms with Crippen molar-refractivity contribution in [3.63, 3.8) is 0 Å². The summed E-state index contributed by atoms with van der Waals surface area (Å²) in [5.41, 5.74) is 1.20. The summed E-state index contributed by atoms with van der Waals surface area (Å²) in [6.07, 6.45) is 4.32. The number of sulfonamides is 1. The van der Waals surface area contributed by atoms with Crippen LogP contribution in [0.3, 0.4) is 0 Å². The first-order valence-electron chi connectivity index (χ1n) is 10.0. The van der Waals surface area contributed by atoms with Crippen LogP contribution in [-0.4, -0.2) is 62.1 Å². The van der Waals surface area contributed by atoms with Gasteiger partial charge in [0.05, 0.1) is 10.7 Å². The Balaban J connectivity index is 0.00000450. The van der Waals surface area contributed by atoms with Gasteiger partial charge in [0.2, 0.25) is 10.0 Å². The molecular weight excluding hydrogens is 521 g/mol. The number of benzene rings is 1. The summed E-state index contributed by atoms with van der Waals surface area (Å²) in [6.45, 7) is 3.53. The van der Waals surface area contributed by atoms with E-state index in [0.29, 0.717) is 13.1 Å². The van der Waals surface area contributed by atoms with Crippen molar-refractivity contribution in [1.82, 2.24) is 14.9 Å². The van der Waals surface area contributed by atoms with Crippen molar-refractivity contribution in [2.24, 2.45) is 4.99 Å². The number of nitro groups is 1. The Morgan fingerprint density at radius 2 is 1.87 bits per heavy atom. The first-order chi connectivity index (χ1) is 13.9. The lowest BCUT2D eigenvalue weighted by molar-refractivity contribution is -0.384. The number of nitrogens with one attached hydrogen (secondary N) is 2. The van der Waals surface area contributed by atoms with Crippen molar-refractivity contribution < 1.29 is 13.3 Å². The number of nitrogens with zero attached hydrogens (tertiary/aromatic N) is 3. The molecular formula is C19H32IN5O4S. The molecule has 0 unspecified atom stereocenters. The quantitative estimate of drug-likeness (QED) is 0.121. The summed E-state index contributed by atoms with van der Waals surface area (Å²) in [6, 6.07) is 6.89. The number of nitro benzene ring substituents is 1. The topological polar surface area (TPSA) is 117 Å². The first kappa shape index (κ1) is 26.6. The molecule has 1 aliphatic heterocycles. The average Bonchev–Trinajstić information content (AvgIpc) is 2.73. The SMILES string of the molecule is CCS(=O)(=O)N1CCC(NC(=NC)NCCCCc2ccc([N+](=O)[O-])cc2)CC1.I. The second-order valence-corrected chi connectivity index (χ2v) is 9.36. The minimum absolute atomic E-state index is 0. The van der Waals surface area contributed by atoms with Gasteiger partial charge in [-0.3, -0.25) is 15.1 Å². The Bertz CT molecular complexity index is 794. The molecule has 1 aliphatic rings. The highest BCUT2D eigenvalue weighted by Crippen LogP contribution is 2.15. The van der Waals surface area contributed by atoms with Crippen LogP contribution in [0.4, 0.5) is 5.69 Å². The lowest BCUT2D eigenvalue weighted by Crippen LogP contribution is -2.50. The second-order valence-electron chi connectivity index (χ2n) is 7.10. The maximum atomic E-state index is 11.9. The lowest BCUT2D eigenvalue weighted by Gasteiger charge is -2.32. The maximum absolute atomic E-state index is 11.9. The number of halogens is 1. The molecule has 0 amide bonds. The van der Waals surface area contributed by atoms with Gasteiger partial charge in [-0.2, -0.15) is 0 Å². The van der Waals surface area contributed by atoms with Gasteiger partial charge >= 0.3 is 0 Å². The van der Waals surface area contributed by atoms with Crippen LogP contribution in [0, 0.1) is 10.1 Å². The fourth-order valence-electron chi connectivity index (χ4n) is 3.29. The average molecular weight is 553 g/mol. The van der Waals surface area contributed by atoms with E-state index in [1.807, 2.05) is 0 Å². The Labute approximate surface area is 195 Å². The number of piperidine rings is 1. The Morgan fingerprint density at radius 1 is 1.23 bits per heavy atom. The van der Waals surface area contributed by atoms with Crippen LogP contribution < -0.4 is 10.6 Å². The van der Waals surface area contributed by atoms with Crippen LogP contribution in [0.5, 0.6) is 0 Å². The Hall–Kier alpha value is -1.47. The molecule has 1 aromatic carbocycles. The van der Waals surface area contributed by atoms with E-state index < -0.39 is 10.0 Å². The van der Waals surface area contributed by atoms with Gasteiger partial charge in [-0.15, -0.1) is 24.0 Å². The summed E-state index contributed by atoms with van der Waals surface area (Å²) in [5.74, 6) is 0.880. The van der Waals surface area contributed by atoms with E-state index in [0.717, 1.165) is 50.2 Å². The van der Waals surface area contributed by atoms with E-state index in [2.05, 4.69) is 15.6 Å². The van der Waals surface area contributed by atoms with Gasteiger partial charge < -0.3 is 10.6 Å². The minimum atomic E-state index is -3.10. The van der Waals surface area contributed by atoms with Crippen LogP contribution in [0.1, 0.15) is 38.2 Å². The fraction of sp³-hybridized carbons (Fsp3) is 0.632. The van der Waals surface area contributed by atoms with Gasteiger partial charge in [-0.25, -0.2) is 12.7 Å².